The molecule has 0 saturated heterocycles. The van der Waals surface area contributed by atoms with Crippen LogP contribution < -0.4 is 0 Å². The van der Waals surface area contributed by atoms with Crippen LogP contribution in [0.15, 0.2) is 6.20 Å². The Morgan fingerprint density at radius 2 is 1.93 bits per heavy atom. The van der Waals surface area contributed by atoms with Crippen molar-refractivity contribution in [2.24, 2.45) is 10.8 Å². The van der Waals surface area contributed by atoms with E-state index in [9.17, 15) is 5.11 Å². The van der Waals surface area contributed by atoms with Crippen molar-refractivity contribution in [1.29, 1.82) is 0 Å². The zero-order chi connectivity index (χ0) is 11.4. The summed E-state index contributed by atoms with van der Waals surface area (Å²) in [7, 11) is 0. The molecule has 1 aliphatic carbocycles. The summed E-state index contributed by atoms with van der Waals surface area (Å²) in [5, 5.41) is 9.26. The molecule has 2 rings (SSSR count). The van der Waals surface area contributed by atoms with Crippen molar-refractivity contribution in [1.82, 2.24) is 9.55 Å². The van der Waals surface area contributed by atoms with Crippen LogP contribution in [0, 0.1) is 15.6 Å². The van der Waals surface area contributed by atoms with Crippen LogP contribution >= 0.6 is 12.2 Å². The summed E-state index contributed by atoms with van der Waals surface area (Å²) in [6.45, 7) is 9.01. The van der Waals surface area contributed by atoms with Crippen LogP contribution in [0.2, 0.25) is 0 Å². The number of hydrogen-bond acceptors (Lipinski definition) is 2. The van der Waals surface area contributed by atoms with Gasteiger partial charge in [-0.1, -0.05) is 27.7 Å². The van der Waals surface area contributed by atoms with Gasteiger partial charge in [0, 0.05) is 12.2 Å². The number of rotatable bonds is 2. The highest BCUT2D eigenvalue weighted by molar-refractivity contribution is 7.71. The van der Waals surface area contributed by atoms with Crippen molar-refractivity contribution in [2.45, 2.75) is 40.3 Å². The Balaban J connectivity index is 2.49. The first-order valence-corrected chi connectivity index (χ1v) is 5.64. The Hall–Kier alpha value is -0.610. The predicted octanol–water partition coefficient (Wildman–Crippen LogP) is 2.65. The van der Waals surface area contributed by atoms with Gasteiger partial charge in [0.05, 0.1) is 12.3 Å². The number of aliphatic hydroxyl groups is 1. The third kappa shape index (κ3) is 1.24. The smallest absolute Gasteiger partial charge is 0.177 e. The van der Waals surface area contributed by atoms with E-state index in [4.69, 9.17) is 12.2 Å². The van der Waals surface area contributed by atoms with E-state index in [0.717, 1.165) is 5.69 Å². The molecule has 1 aromatic rings. The van der Waals surface area contributed by atoms with Gasteiger partial charge in [-0.3, -0.25) is 0 Å². The fourth-order valence-electron chi connectivity index (χ4n) is 2.63. The zero-order valence-corrected chi connectivity index (χ0v) is 10.5. The van der Waals surface area contributed by atoms with E-state index in [1.54, 1.807) is 6.20 Å². The molecule has 0 aliphatic heterocycles. The molecule has 15 heavy (non-hydrogen) atoms. The van der Waals surface area contributed by atoms with Crippen molar-refractivity contribution < 1.29 is 5.11 Å². The third-order valence-electron chi connectivity index (χ3n) is 4.26. The number of aromatic nitrogens is 2. The highest BCUT2D eigenvalue weighted by Gasteiger charge is 2.66. The fourth-order valence-corrected chi connectivity index (χ4v) is 2.91. The normalized spacial score (nSPS) is 23.0. The summed E-state index contributed by atoms with van der Waals surface area (Å²) < 4.78 is 2.78. The number of imidazole rings is 1. The van der Waals surface area contributed by atoms with E-state index >= 15 is 0 Å². The molecule has 0 atom stereocenters. The van der Waals surface area contributed by atoms with Gasteiger partial charge in [0.15, 0.2) is 4.77 Å². The lowest BCUT2D eigenvalue weighted by atomic mass is 10.0. The second kappa shape index (κ2) is 2.95. The Morgan fingerprint density at radius 3 is 2.33 bits per heavy atom. The van der Waals surface area contributed by atoms with Gasteiger partial charge in [-0.25, -0.2) is 0 Å². The standard InChI is InChI=1S/C11H18N2OS/c1-10(2)8(11(10,3)4)13-7(6-14)5-12-9(13)15/h5,8,14H,6H2,1-4H3,(H,12,15). The monoisotopic (exact) mass is 226 g/mol. The van der Waals surface area contributed by atoms with Gasteiger partial charge in [0.25, 0.3) is 0 Å². The molecule has 0 unspecified atom stereocenters. The number of hydrogen-bond donors (Lipinski definition) is 2. The van der Waals surface area contributed by atoms with Gasteiger partial charge in [-0.2, -0.15) is 0 Å². The largest absolute Gasteiger partial charge is 0.390 e. The van der Waals surface area contributed by atoms with Gasteiger partial charge in [-0.05, 0) is 23.0 Å². The average Bonchev–Trinajstić information content (AvgIpc) is 2.46. The maximum atomic E-state index is 9.26. The minimum atomic E-state index is 0.0375. The molecular weight excluding hydrogens is 208 g/mol. The summed E-state index contributed by atoms with van der Waals surface area (Å²) in [6.07, 6.45) is 1.80. The molecule has 1 aliphatic rings. The third-order valence-corrected chi connectivity index (χ3v) is 4.57. The van der Waals surface area contributed by atoms with E-state index in [2.05, 4.69) is 37.2 Å². The first kappa shape index (κ1) is 10.9. The molecule has 0 bridgehead atoms. The summed E-state index contributed by atoms with van der Waals surface area (Å²) >= 11 is 5.26. The van der Waals surface area contributed by atoms with E-state index < -0.39 is 0 Å². The lowest BCUT2D eigenvalue weighted by molar-refractivity contribution is 0.268. The molecule has 0 amide bonds. The maximum Gasteiger partial charge on any atom is 0.177 e. The van der Waals surface area contributed by atoms with Gasteiger partial charge < -0.3 is 14.7 Å². The molecule has 4 heteroatoms. The van der Waals surface area contributed by atoms with E-state index in [0.29, 0.717) is 10.8 Å². The van der Waals surface area contributed by atoms with Crippen molar-refractivity contribution in [3.63, 3.8) is 0 Å². The van der Waals surface area contributed by atoms with E-state index in [-0.39, 0.29) is 17.4 Å². The highest BCUT2D eigenvalue weighted by Crippen LogP contribution is 2.71. The molecule has 1 saturated carbocycles. The fraction of sp³-hybridized carbons (Fsp3) is 0.727. The Morgan fingerprint density at radius 1 is 1.40 bits per heavy atom. The van der Waals surface area contributed by atoms with E-state index in [1.807, 2.05) is 0 Å². The number of nitrogens with zero attached hydrogens (tertiary/aromatic N) is 1. The van der Waals surface area contributed by atoms with Gasteiger partial charge in [0.2, 0.25) is 0 Å². The highest BCUT2D eigenvalue weighted by atomic mass is 32.1. The Labute approximate surface area is 95.1 Å². The Bertz CT molecular complexity index is 428. The lowest BCUT2D eigenvalue weighted by Crippen LogP contribution is -2.05. The first-order valence-electron chi connectivity index (χ1n) is 5.23. The number of nitrogens with one attached hydrogen (secondary N) is 1. The van der Waals surface area contributed by atoms with Gasteiger partial charge >= 0.3 is 0 Å². The minimum absolute atomic E-state index is 0.0375. The summed E-state index contributed by atoms with van der Waals surface area (Å²) in [5.74, 6) is 0. The second-order valence-electron chi connectivity index (χ2n) is 5.46. The molecule has 3 nitrogen and oxygen atoms in total. The first-order chi connectivity index (χ1) is 6.84. The number of aliphatic hydroxyl groups excluding tert-OH is 1. The SMILES string of the molecule is CC1(C)C(n2c(CO)c[nH]c2=S)C1(C)C. The minimum Gasteiger partial charge on any atom is -0.390 e. The summed E-state index contributed by atoms with van der Waals surface area (Å²) in [4.78, 5) is 3.00. The van der Waals surface area contributed by atoms with Crippen LogP contribution in [0.1, 0.15) is 39.4 Å². The van der Waals surface area contributed by atoms with Crippen LogP contribution in [-0.4, -0.2) is 14.7 Å². The summed E-state index contributed by atoms with van der Waals surface area (Å²) in [5.41, 5.74) is 1.35. The quantitative estimate of drug-likeness (QED) is 0.761. The van der Waals surface area contributed by atoms with Crippen LogP contribution in [0.4, 0.5) is 0 Å². The zero-order valence-electron chi connectivity index (χ0n) is 9.66. The van der Waals surface area contributed by atoms with Crippen molar-refractivity contribution >= 4 is 12.2 Å². The molecular formula is C11H18N2OS. The van der Waals surface area contributed by atoms with E-state index in [1.165, 1.54) is 0 Å². The molecule has 1 aromatic heterocycles. The lowest BCUT2D eigenvalue weighted by Gasteiger charge is -2.08. The molecule has 0 aromatic carbocycles. The molecule has 0 spiro atoms. The molecule has 2 N–H and O–H groups in total. The van der Waals surface area contributed by atoms with Crippen LogP contribution in [0.3, 0.4) is 0 Å². The number of aromatic amines is 1. The van der Waals surface area contributed by atoms with Crippen LogP contribution in [0.5, 0.6) is 0 Å². The van der Waals surface area contributed by atoms with Crippen LogP contribution in [0.25, 0.3) is 0 Å². The second-order valence-corrected chi connectivity index (χ2v) is 5.85. The van der Waals surface area contributed by atoms with Crippen molar-refractivity contribution in [3.05, 3.63) is 16.7 Å². The molecule has 1 heterocycles. The Kier molecular flexibility index (Phi) is 2.14. The van der Waals surface area contributed by atoms with Crippen molar-refractivity contribution in [2.75, 3.05) is 0 Å². The average molecular weight is 226 g/mol. The van der Waals surface area contributed by atoms with Gasteiger partial charge in [-0.15, -0.1) is 0 Å². The molecule has 1 fully saturated rings. The topological polar surface area (TPSA) is 41.0 Å². The maximum absolute atomic E-state index is 9.26. The predicted molar refractivity (Wildman–Crippen MR) is 62.1 cm³/mol. The summed E-state index contributed by atoms with van der Waals surface area (Å²) in [6, 6.07) is 0.380. The van der Waals surface area contributed by atoms with Gasteiger partial charge in [0.1, 0.15) is 0 Å². The van der Waals surface area contributed by atoms with Crippen LogP contribution in [-0.2, 0) is 6.61 Å². The molecule has 0 radical (unpaired) electrons. The molecule has 84 valence electrons. The van der Waals surface area contributed by atoms with Crippen molar-refractivity contribution in [3.8, 4) is 0 Å². The number of H-pyrrole nitrogens is 1.